The van der Waals surface area contributed by atoms with Gasteiger partial charge in [-0.05, 0) is 12.8 Å². The van der Waals surface area contributed by atoms with E-state index in [-0.39, 0.29) is 6.61 Å². The molecule has 1 aromatic heterocycles. The largest absolute Gasteiger partial charge is 0.476 e. The van der Waals surface area contributed by atoms with E-state index in [0.29, 0.717) is 19.4 Å². The molecule has 0 amide bonds. The number of rotatable bonds is 6. The number of carboxylic acids is 1. The average Bonchev–Trinajstić information content (AvgIpc) is 2.62. The lowest BCUT2D eigenvalue weighted by molar-refractivity contribution is -0.385. The molecule has 0 aliphatic heterocycles. The van der Waals surface area contributed by atoms with Gasteiger partial charge in [0.05, 0.1) is 4.92 Å². The van der Waals surface area contributed by atoms with E-state index in [1.165, 1.54) is 4.68 Å². The molecule has 1 heterocycles. The second kappa shape index (κ2) is 5.21. The number of hydrogen-bond donors (Lipinski definition) is 2. The number of aryl methyl sites for hydroxylation is 1. The van der Waals surface area contributed by atoms with Gasteiger partial charge in [-0.15, -0.1) is 0 Å². The molecule has 0 saturated carbocycles. The zero-order chi connectivity index (χ0) is 12.1. The van der Waals surface area contributed by atoms with E-state index in [1.54, 1.807) is 0 Å². The van der Waals surface area contributed by atoms with E-state index < -0.39 is 22.3 Å². The van der Waals surface area contributed by atoms with Gasteiger partial charge >= 0.3 is 11.7 Å². The van der Waals surface area contributed by atoms with Crippen molar-refractivity contribution in [2.75, 3.05) is 6.61 Å². The van der Waals surface area contributed by atoms with E-state index in [4.69, 9.17) is 10.2 Å². The summed E-state index contributed by atoms with van der Waals surface area (Å²) in [7, 11) is 0. The van der Waals surface area contributed by atoms with Crippen LogP contribution in [0.4, 0.5) is 5.69 Å². The first-order valence-electron chi connectivity index (χ1n) is 4.62. The third-order valence-electron chi connectivity index (χ3n) is 1.94. The highest BCUT2D eigenvalue weighted by atomic mass is 16.6. The molecule has 1 rings (SSSR count). The first-order valence-corrected chi connectivity index (χ1v) is 4.62. The van der Waals surface area contributed by atoms with Crippen molar-refractivity contribution in [1.29, 1.82) is 0 Å². The summed E-state index contributed by atoms with van der Waals surface area (Å²) in [5.74, 6) is -1.42. The van der Waals surface area contributed by atoms with Crippen molar-refractivity contribution in [2.24, 2.45) is 0 Å². The summed E-state index contributed by atoms with van der Waals surface area (Å²) in [4.78, 5) is 20.4. The number of nitrogens with zero attached hydrogens (tertiary/aromatic N) is 3. The van der Waals surface area contributed by atoms with Crippen LogP contribution in [0.5, 0.6) is 0 Å². The van der Waals surface area contributed by atoms with Crippen molar-refractivity contribution in [3.63, 3.8) is 0 Å². The Bertz CT molecular complexity index is 369. The normalized spacial score (nSPS) is 10.3. The van der Waals surface area contributed by atoms with E-state index in [9.17, 15) is 14.9 Å². The van der Waals surface area contributed by atoms with Gasteiger partial charge in [0.1, 0.15) is 6.20 Å². The van der Waals surface area contributed by atoms with Gasteiger partial charge in [-0.2, -0.15) is 5.10 Å². The van der Waals surface area contributed by atoms with Crippen LogP contribution >= 0.6 is 0 Å². The number of carboxylic acid groups (broad SMARTS) is 1. The van der Waals surface area contributed by atoms with Crippen molar-refractivity contribution in [3.05, 3.63) is 22.0 Å². The average molecular weight is 229 g/mol. The molecule has 0 unspecified atom stereocenters. The Kier molecular flexibility index (Phi) is 3.95. The highest BCUT2D eigenvalue weighted by Crippen LogP contribution is 2.16. The molecular weight excluding hydrogens is 218 g/mol. The second-order valence-corrected chi connectivity index (χ2v) is 3.12. The first-order chi connectivity index (χ1) is 7.56. The fourth-order valence-corrected chi connectivity index (χ4v) is 1.20. The van der Waals surface area contributed by atoms with Gasteiger partial charge in [0, 0.05) is 13.2 Å². The standard InChI is InChI=1S/C8H11N3O5/c12-4-2-1-3-10-5-6(11(15)16)7(9-10)8(13)14/h5,12H,1-4H2,(H,13,14). The maximum Gasteiger partial charge on any atom is 0.363 e. The molecule has 0 spiro atoms. The summed E-state index contributed by atoms with van der Waals surface area (Å²) in [6, 6.07) is 0. The zero-order valence-electron chi connectivity index (χ0n) is 8.37. The predicted octanol–water partition coefficient (Wildman–Crippen LogP) is 0.262. The molecule has 0 aliphatic carbocycles. The highest BCUT2D eigenvalue weighted by molar-refractivity contribution is 5.89. The van der Waals surface area contributed by atoms with Crippen LogP contribution in [0.25, 0.3) is 0 Å². The number of aliphatic hydroxyl groups excluding tert-OH is 1. The van der Waals surface area contributed by atoms with Crippen LogP contribution < -0.4 is 0 Å². The second-order valence-electron chi connectivity index (χ2n) is 3.12. The number of aromatic nitrogens is 2. The van der Waals surface area contributed by atoms with Gasteiger partial charge in [0.15, 0.2) is 0 Å². The molecule has 8 heteroatoms. The quantitative estimate of drug-likeness (QED) is 0.410. The molecule has 0 aromatic carbocycles. The smallest absolute Gasteiger partial charge is 0.363 e. The predicted molar refractivity (Wildman–Crippen MR) is 52.2 cm³/mol. The molecule has 0 bridgehead atoms. The lowest BCUT2D eigenvalue weighted by Crippen LogP contribution is -2.04. The van der Waals surface area contributed by atoms with Crippen LogP contribution in [-0.2, 0) is 6.54 Å². The molecule has 0 aliphatic rings. The summed E-state index contributed by atoms with van der Waals surface area (Å²) in [6.45, 7) is 0.365. The van der Waals surface area contributed by atoms with Crippen LogP contribution in [0.15, 0.2) is 6.20 Å². The van der Waals surface area contributed by atoms with Gasteiger partial charge in [0.2, 0.25) is 5.69 Å². The fourth-order valence-electron chi connectivity index (χ4n) is 1.20. The third kappa shape index (κ3) is 2.76. The molecule has 0 radical (unpaired) electrons. The van der Waals surface area contributed by atoms with Crippen LogP contribution in [0, 0.1) is 10.1 Å². The number of aromatic carboxylic acids is 1. The molecule has 0 fully saturated rings. The molecule has 0 atom stereocenters. The van der Waals surface area contributed by atoms with E-state index in [0.717, 1.165) is 6.20 Å². The molecular formula is C8H11N3O5. The zero-order valence-corrected chi connectivity index (χ0v) is 8.37. The summed E-state index contributed by atoms with van der Waals surface area (Å²) in [5.41, 5.74) is -1.08. The Morgan fingerprint density at radius 3 is 2.69 bits per heavy atom. The van der Waals surface area contributed by atoms with Crippen molar-refractivity contribution < 1.29 is 19.9 Å². The number of nitro groups is 1. The van der Waals surface area contributed by atoms with Crippen molar-refractivity contribution >= 4 is 11.7 Å². The minimum absolute atomic E-state index is 0.0230. The van der Waals surface area contributed by atoms with Gasteiger partial charge in [-0.1, -0.05) is 0 Å². The monoisotopic (exact) mass is 229 g/mol. The topological polar surface area (TPSA) is 118 Å². The Balaban J connectivity index is 2.84. The fraction of sp³-hybridized carbons (Fsp3) is 0.500. The summed E-state index contributed by atoms with van der Waals surface area (Å²) >= 11 is 0. The number of unbranched alkanes of at least 4 members (excludes halogenated alkanes) is 1. The lowest BCUT2D eigenvalue weighted by Gasteiger charge is -1.97. The SMILES string of the molecule is O=C(O)c1nn(CCCCO)cc1[N+](=O)[O-]. The molecule has 2 N–H and O–H groups in total. The lowest BCUT2D eigenvalue weighted by atomic mass is 10.3. The third-order valence-corrected chi connectivity index (χ3v) is 1.94. The van der Waals surface area contributed by atoms with Crippen LogP contribution in [-0.4, -0.2) is 37.5 Å². The number of hydrogen-bond acceptors (Lipinski definition) is 5. The van der Waals surface area contributed by atoms with Gasteiger partial charge in [-0.25, -0.2) is 4.79 Å². The summed E-state index contributed by atoms with van der Waals surface area (Å²) in [6.07, 6.45) is 2.20. The maximum atomic E-state index is 10.6. The first kappa shape index (κ1) is 12.1. The van der Waals surface area contributed by atoms with Gasteiger partial charge in [0.25, 0.3) is 0 Å². The van der Waals surface area contributed by atoms with Crippen molar-refractivity contribution in [3.8, 4) is 0 Å². The minimum atomic E-state index is -1.42. The molecule has 8 nitrogen and oxygen atoms in total. The molecule has 0 saturated heterocycles. The number of aliphatic hydroxyl groups is 1. The van der Waals surface area contributed by atoms with E-state index in [1.807, 2.05) is 0 Å². The maximum absolute atomic E-state index is 10.6. The number of carbonyl (C=O) groups is 1. The Labute approximate surface area is 90.3 Å². The van der Waals surface area contributed by atoms with Crippen LogP contribution in [0.2, 0.25) is 0 Å². The van der Waals surface area contributed by atoms with E-state index >= 15 is 0 Å². The van der Waals surface area contributed by atoms with Crippen LogP contribution in [0.1, 0.15) is 23.3 Å². The Morgan fingerprint density at radius 2 is 2.25 bits per heavy atom. The Hall–Kier alpha value is -1.96. The van der Waals surface area contributed by atoms with Crippen LogP contribution in [0.3, 0.4) is 0 Å². The van der Waals surface area contributed by atoms with Gasteiger partial charge < -0.3 is 10.2 Å². The molecule has 1 aromatic rings. The highest BCUT2D eigenvalue weighted by Gasteiger charge is 2.24. The minimum Gasteiger partial charge on any atom is -0.476 e. The molecule has 88 valence electrons. The van der Waals surface area contributed by atoms with Gasteiger partial charge in [-0.3, -0.25) is 14.8 Å². The van der Waals surface area contributed by atoms with Crippen molar-refractivity contribution in [2.45, 2.75) is 19.4 Å². The summed E-state index contributed by atoms with van der Waals surface area (Å²) in [5, 5.41) is 31.3. The van der Waals surface area contributed by atoms with E-state index in [2.05, 4.69) is 5.10 Å². The summed E-state index contributed by atoms with van der Waals surface area (Å²) < 4.78 is 1.21. The Morgan fingerprint density at radius 1 is 1.56 bits per heavy atom. The van der Waals surface area contributed by atoms with Crippen molar-refractivity contribution in [1.82, 2.24) is 9.78 Å². The molecule has 16 heavy (non-hydrogen) atoms.